The van der Waals surface area contributed by atoms with Crippen LogP contribution in [-0.4, -0.2) is 46.4 Å². The maximum absolute atomic E-state index is 12.6. The number of halogens is 4. The number of hydrogen-bond acceptors (Lipinski definition) is 7. The lowest BCUT2D eigenvalue weighted by molar-refractivity contribution is -0.141. The predicted octanol–water partition coefficient (Wildman–Crippen LogP) is 6.95. The van der Waals surface area contributed by atoms with Gasteiger partial charge in [-0.15, -0.1) is 0 Å². The van der Waals surface area contributed by atoms with Crippen molar-refractivity contribution in [2.45, 2.75) is 72.8 Å². The number of aromatic nitrogens is 2. The zero-order valence-corrected chi connectivity index (χ0v) is 24.9. The number of carbonyl (C=O) groups excluding carboxylic acids is 2. The summed E-state index contributed by atoms with van der Waals surface area (Å²) in [6.45, 7) is 14.5. The molecule has 0 aliphatic carbocycles. The zero-order valence-electron chi connectivity index (χ0n) is 22.5. The highest BCUT2D eigenvalue weighted by molar-refractivity contribution is 9.11. The van der Waals surface area contributed by atoms with Crippen LogP contribution in [-0.2, 0) is 15.7 Å². The molecular formula is C25H32BrF3N4O4S. The number of thiazole rings is 1. The lowest BCUT2D eigenvalue weighted by Crippen LogP contribution is -2.42. The molecule has 0 radical (unpaired) electrons. The Hall–Kier alpha value is -2.85. The van der Waals surface area contributed by atoms with Crippen molar-refractivity contribution in [1.29, 1.82) is 0 Å². The number of rotatable bonds is 4. The van der Waals surface area contributed by atoms with Crippen molar-refractivity contribution in [2.75, 3.05) is 18.0 Å². The standard InChI is InChI=1S/C18H26BrN3O4S.C7H6F3N/c1-8-9-12-13(19)27-14(21-12)22(16(24)26-18(5,6)7)11-10-20-15(23)25-17(2,3)4;1-5-2-3-6(11-4-5)7(8,9)10/h10-11H2,1-7H3,(H,20,23);2-4H,1H3. The highest BCUT2D eigenvalue weighted by Gasteiger charge is 2.31. The van der Waals surface area contributed by atoms with E-state index in [1.54, 1.807) is 55.4 Å². The van der Waals surface area contributed by atoms with Gasteiger partial charge < -0.3 is 14.8 Å². The highest BCUT2D eigenvalue weighted by atomic mass is 79.9. The Kier molecular flexibility index (Phi) is 12.0. The number of alkyl carbamates (subject to hydrolysis) is 1. The number of ether oxygens (including phenoxy) is 2. The molecule has 38 heavy (non-hydrogen) atoms. The summed E-state index contributed by atoms with van der Waals surface area (Å²) in [7, 11) is 0. The van der Waals surface area contributed by atoms with E-state index in [-0.39, 0.29) is 13.1 Å². The number of carbonyl (C=O) groups is 2. The minimum Gasteiger partial charge on any atom is -0.444 e. The molecule has 0 aliphatic heterocycles. The maximum atomic E-state index is 12.6. The molecule has 0 spiro atoms. The number of hydrogen-bond donors (Lipinski definition) is 1. The van der Waals surface area contributed by atoms with Gasteiger partial charge in [-0.3, -0.25) is 9.88 Å². The number of aryl methyl sites for hydroxylation is 1. The van der Waals surface area contributed by atoms with Crippen LogP contribution in [0.25, 0.3) is 0 Å². The SMILES string of the molecule is CC#Cc1nc(N(CCNC(=O)OC(C)(C)C)C(=O)OC(C)(C)C)sc1Br.Cc1ccc(C(F)(F)F)nc1. The number of amides is 2. The van der Waals surface area contributed by atoms with Crippen molar-refractivity contribution in [1.82, 2.24) is 15.3 Å². The van der Waals surface area contributed by atoms with Crippen LogP contribution >= 0.6 is 27.3 Å². The lowest BCUT2D eigenvalue weighted by Gasteiger charge is -2.26. The molecule has 1 N–H and O–H groups in total. The molecule has 0 fully saturated rings. The van der Waals surface area contributed by atoms with Crippen molar-refractivity contribution < 1.29 is 32.2 Å². The molecule has 8 nitrogen and oxygen atoms in total. The Balaban J connectivity index is 0.000000544. The highest BCUT2D eigenvalue weighted by Crippen LogP contribution is 2.31. The molecule has 2 aromatic heterocycles. The molecule has 2 amide bonds. The molecule has 0 unspecified atom stereocenters. The van der Waals surface area contributed by atoms with Crippen molar-refractivity contribution >= 4 is 44.6 Å². The van der Waals surface area contributed by atoms with E-state index in [2.05, 4.69) is 43.1 Å². The van der Waals surface area contributed by atoms with Crippen LogP contribution < -0.4 is 10.2 Å². The first-order chi connectivity index (χ1) is 17.3. The third kappa shape index (κ3) is 12.6. The molecule has 0 aromatic carbocycles. The van der Waals surface area contributed by atoms with Crippen LogP contribution in [0.4, 0.5) is 27.9 Å². The molecule has 2 heterocycles. The van der Waals surface area contributed by atoms with Crippen LogP contribution in [0.3, 0.4) is 0 Å². The first-order valence-corrected chi connectivity index (χ1v) is 13.0. The Morgan fingerprint density at radius 1 is 1.11 bits per heavy atom. The largest absolute Gasteiger partial charge is 0.444 e. The summed E-state index contributed by atoms with van der Waals surface area (Å²) in [5.41, 5.74) is -0.829. The van der Waals surface area contributed by atoms with Gasteiger partial charge in [0.15, 0.2) is 5.13 Å². The van der Waals surface area contributed by atoms with Crippen molar-refractivity contribution in [3.05, 3.63) is 39.1 Å². The summed E-state index contributed by atoms with van der Waals surface area (Å²) in [5.74, 6) is 5.65. The fourth-order valence-corrected chi connectivity index (χ4v) is 3.79. The van der Waals surface area contributed by atoms with Crippen molar-refractivity contribution in [3.63, 3.8) is 0 Å². The van der Waals surface area contributed by atoms with Gasteiger partial charge in [0, 0.05) is 19.3 Å². The number of alkyl halides is 3. The summed E-state index contributed by atoms with van der Waals surface area (Å²) in [4.78, 5) is 33.4. The van der Waals surface area contributed by atoms with Crippen LogP contribution in [0.5, 0.6) is 0 Å². The molecular weight excluding hydrogens is 589 g/mol. The first-order valence-electron chi connectivity index (χ1n) is 11.4. The predicted molar refractivity (Wildman–Crippen MR) is 144 cm³/mol. The smallest absolute Gasteiger partial charge is 0.433 e. The fourth-order valence-electron chi connectivity index (χ4n) is 2.40. The average molecular weight is 622 g/mol. The van der Waals surface area contributed by atoms with Crippen LogP contribution in [0, 0.1) is 18.8 Å². The van der Waals surface area contributed by atoms with E-state index in [0.717, 1.165) is 15.4 Å². The first kappa shape index (κ1) is 33.2. The number of nitrogens with zero attached hydrogens (tertiary/aromatic N) is 3. The van der Waals surface area contributed by atoms with Crippen LogP contribution in [0.2, 0.25) is 0 Å². The molecule has 2 aromatic rings. The van der Waals surface area contributed by atoms with E-state index >= 15 is 0 Å². The maximum Gasteiger partial charge on any atom is 0.433 e. The molecule has 2 rings (SSSR count). The van der Waals surface area contributed by atoms with Gasteiger partial charge >= 0.3 is 18.4 Å². The quantitative estimate of drug-likeness (QED) is 0.372. The van der Waals surface area contributed by atoms with Gasteiger partial charge in [0.1, 0.15) is 26.4 Å². The summed E-state index contributed by atoms with van der Waals surface area (Å²) in [5, 5.41) is 3.06. The third-order valence-electron chi connectivity index (χ3n) is 3.87. The summed E-state index contributed by atoms with van der Waals surface area (Å²) in [6.07, 6.45) is -4.23. The van der Waals surface area contributed by atoms with Gasteiger partial charge in [-0.1, -0.05) is 23.3 Å². The average Bonchev–Trinajstić information content (AvgIpc) is 3.09. The van der Waals surface area contributed by atoms with Gasteiger partial charge in [0.2, 0.25) is 0 Å². The van der Waals surface area contributed by atoms with Gasteiger partial charge in [-0.2, -0.15) is 13.2 Å². The molecule has 210 valence electrons. The molecule has 0 saturated carbocycles. The summed E-state index contributed by atoms with van der Waals surface area (Å²) in [6, 6.07) is 2.35. The van der Waals surface area contributed by atoms with Crippen molar-refractivity contribution in [3.8, 4) is 11.8 Å². The normalized spacial score (nSPS) is 11.4. The summed E-state index contributed by atoms with van der Waals surface area (Å²) >= 11 is 4.68. The molecule has 13 heteroatoms. The zero-order chi connectivity index (χ0) is 29.3. The van der Waals surface area contributed by atoms with Crippen LogP contribution in [0.1, 0.15) is 65.4 Å². The molecule has 0 atom stereocenters. The third-order valence-corrected chi connectivity index (χ3v) is 5.60. The van der Waals surface area contributed by atoms with E-state index in [9.17, 15) is 22.8 Å². The van der Waals surface area contributed by atoms with E-state index < -0.39 is 35.3 Å². The monoisotopic (exact) mass is 620 g/mol. The Bertz CT molecular complexity index is 1150. The van der Waals surface area contributed by atoms with Gasteiger partial charge in [0.25, 0.3) is 0 Å². The van der Waals surface area contributed by atoms with E-state index in [1.165, 1.54) is 28.5 Å². The molecule has 0 bridgehead atoms. The lowest BCUT2D eigenvalue weighted by atomic mass is 10.2. The Morgan fingerprint density at radius 3 is 2.18 bits per heavy atom. The van der Waals surface area contributed by atoms with Gasteiger partial charge in [-0.05, 0) is 88.9 Å². The van der Waals surface area contributed by atoms with E-state index in [1.807, 2.05) is 0 Å². The molecule has 0 saturated heterocycles. The number of anilines is 1. The van der Waals surface area contributed by atoms with Gasteiger partial charge in [0.05, 0.1) is 0 Å². The second-order valence-corrected chi connectivity index (χ2v) is 12.1. The van der Waals surface area contributed by atoms with Gasteiger partial charge in [-0.25, -0.2) is 14.6 Å². The minimum atomic E-state index is -4.33. The minimum absolute atomic E-state index is 0.174. The summed E-state index contributed by atoms with van der Waals surface area (Å²) < 4.78 is 47.0. The van der Waals surface area contributed by atoms with E-state index in [4.69, 9.17) is 9.47 Å². The second kappa shape index (κ2) is 13.8. The topological polar surface area (TPSA) is 93.7 Å². The van der Waals surface area contributed by atoms with Crippen LogP contribution in [0.15, 0.2) is 22.1 Å². The van der Waals surface area contributed by atoms with E-state index in [0.29, 0.717) is 10.8 Å². The number of pyridine rings is 1. The molecule has 0 aliphatic rings. The second-order valence-electron chi connectivity index (χ2n) is 9.77. The Labute approximate surface area is 233 Å². The van der Waals surface area contributed by atoms with Crippen molar-refractivity contribution in [2.24, 2.45) is 0 Å². The fraction of sp³-hybridized carbons (Fsp3) is 0.520. The Morgan fingerprint density at radius 2 is 1.71 bits per heavy atom. The number of nitrogens with one attached hydrogen (secondary N) is 1.